The van der Waals surface area contributed by atoms with E-state index in [0.717, 1.165) is 16.7 Å². The molecule has 5 rings (SSSR count). The van der Waals surface area contributed by atoms with Gasteiger partial charge in [-0.05, 0) is 60.1 Å². The standard InChI is InChI=1S/C35H38N2O6/c1-23-32(21-37(2)20-31(40)27-10-7-13-30(39)19-27)42-35(43-33(23)25-16-14-24(22-38)15-17-25)28-11-6-12-29(18-28)36-34(41)26-8-4-3-5-9-26/h3-19,23,31-33,35,38-40H,20-22H2,1-2H3,(H,36,41)/t23-,31+,32+,33+,35+/m0/s1. The Kier molecular flexibility index (Phi) is 9.86. The van der Waals surface area contributed by atoms with Crippen molar-refractivity contribution in [3.63, 3.8) is 0 Å². The highest BCUT2D eigenvalue weighted by molar-refractivity contribution is 6.04. The molecule has 0 radical (unpaired) electrons. The summed E-state index contributed by atoms with van der Waals surface area (Å²) in [6.07, 6.45) is -2.05. The predicted molar refractivity (Wildman–Crippen MR) is 164 cm³/mol. The van der Waals surface area contributed by atoms with Crippen molar-refractivity contribution < 1.29 is 29.6 Å². The molecule has 1 amide bonds. The van der Waals surface area contributed by atoms with Crippen molar-refractivity contribution in [2.24, 2.45) is 5.92 Å². The van der Waals surface area contributed by atoms with Crippen LogP contribution in [0.15, 0.2) is 103 Å². The van der Waals surface area contributed by atoms with Gasteiger partial charge in [-0.3, -0.25) is 4.79 Å². The third kappa shape index (κ3) is 7.67. The third-order valence-electron chi connectivity index (χ3n) is 7.81. The number of hydrogen-bond acceptors (Lipinski definition) is 7. The average molecular weight is 583 g/mol. The van der Waals surface area contributed by atoms with E-state index in [2.05, 4.69) is 12.2 Å². The van der Waals surface area contributed by atoms with Crippen molar-refractivity contribution in [3.8, 4) is 5.75 Å². The Morgan fingerprint density at radius 2 is 1.65 bits per heavy atom. The zero-order valence-corrected chi connectivity index (χ0v) is 24.3. The Hall–Kier alpha value is -4.05. The smallest absolute Gasteiger partial charge is 0.255 e. The molecule has 1 fully saturated rings. The van der Waals surface area contributed by atoms with E-state index in [-0.39, 0.29) is 36.4 Å². The Morgan fingerprint density at radius 1 is 0.907 bits per heavy atom. The molecule has 8 heteroatoms. The van der Waals surface area contributed by atoms with E-state index in [9.17, 15) is 20.1 Å². The van der Waals surface area contributed by atoms with Crippen LogP contribution in [-0.2, 0) is 16.1 Å². The molecule has 0 saturated carbocycles. The number of anilines is 1. The summed E-state index contributed by atoms with van der Waals surface area (Å²) in [6, 6.07) is 30.9. The number of phenolic OH excluding ortho intramolecular Hbond substituents is 1. The van der Waals surface area contributed by atoms with Crippen LogP contribution in [0.5, 0.6) is 5.75 Å². The number of ether oxygens (including phenoxy) is 2. The summed E-state index contributed by atoms with van der Waals surface area (Å²) in [5, 5.41) is 33.2. The molecule has 1 saturated heterocycles. The molecule has 43 heavy (non-hydrogen) atoms. The zero-order chi connectivity index (χ0) is 30.3. The first kappa shape index (κ1) is 30.4. The maximum atomic E-state index is 12.8. The minimum Gasteiger partial charge on any atom is -0.508 e. The topological polar surface area (TPSA) is 111 Å². The molecule has 1 aliphatic heterocycles. The number of aromatic hydroxyl groups is 1. The maximum Gasteiger partial charge on any atom is 0.255 e. The Balaban J connectivity index is 1.36. The lowest BCUT2D eigenvalue weighted by Crippen LogP contribution is -2.44. The number of benzene rings is 4. The van der Waals surface area contributed by atoms with Gasteiger partial charge in [0.05, 0.1) is 24.9 Å². The summed E-state index contributed by atoms with van der Waals surface area (Å²) in [5.41, 5.74) is 4.39. The molecule has 4 aromatic rings. The number of nitrogens with one attached hydrogen (secondary N) is 1. The fourth-order valence-electron chi connectivity index (χ4n) is 5.40. The molecule has 8 nitrogen and oxygen atoms in total. The van der Waals surface area contributed by atoms with Gasteiger partial charge >= 0.3 is 0 Å². The number of phenols is 1. The fraction of sp³-hybridized carbons (Fsp3) is 0.286. The monoisotopic (exact) mass is 582 g/mol. The number of nitrogens with zero attached hydrogens (tertiary/aromatic N) is 1. The van der Waals surface area contributed by atoms with Gasteiger partial charge in [0.25, 0.3) is 5.91 Å². The third-order valence-corrected chi connectivity index (χ3v) is 7.81. The zero-order valence-electron chi connectivity index (χ0n) is 24.3. The molecule has 4 N–H and O–H groups in total. The largest absolute Gasteiger partial charge is 0.508 e. The number of amides is 1. The predicted octanol–water partition coefficient (Wildman–Crippen LogP) is 5.59. The average Bonchev–Trinajstić information content (AvgIpc) is 3.02. The Bertz CT molecular complexity index is 1500. The Morgan fingerprint density at radius 3 is 2.37 bits per heavy atom. The molecule has 224 valence electrons. The second kappa shape index (κ2) is 13.9. The van der Waals surface area contributed by atoms with Crippen LogP contribution < -0.4 is 5.32 Å². The molecule has 0 unspecified atom stereocenters. The van der Waals surface area contributed by atoms with Gasteiger partial charge in [-0.2, -0.15) is 0 Å². The summed E-state index contributed by atoms with van der Waals surface area (Å²) in [7, 11) is 1.93. The highest BCUT2D eigenvalue weighted by atomic mass is 16.7. The number of aliphatic hydroxyl groups excluding tert-OH is 2. The lowest BCUT2D eigenvalue weighted by molar-refractivity contribution is -0.276. The van der Waals surface area contributed by atoms with Gasteiger partial charge in [0.15, 0.2) is 6.29 Å². The summed E-state index contributed by atoms with van der Waals surface area (Å²) < 4.78 is 13.1. The van der Waals surface area contributed by atoms with Crippen LogP contribution in [0.4, 0.5) is 5.69 Å². The number of carbonyl (C=O) groups is 1. The van der Waals surface area contributed by atoms with E-state index >= 15 is 0 Å². The molecule has 0 bridgehead atoms. The van der Waals surface area contributed by atoms with Crippen LogP contribution >= 0.6 is 0 Å². The van der Waals surface area contributed by atoms with E-state index < -0.39 is 12.4 Å². The first-order valence-electron chi connectivity index (χ1n) is 14.4. The highest BCUT2D eigenvalue weighted by Crippen LogP contribution is 2.42. The molecule has 4 aromatic carbocycles. The van der Waals surface area contributed by atoms with Gasteiger partial charge in [0.2, 0.25) is 0 Å². The first-order valence-corrected chi connectivity index (χ1v) is 14.4. The molecule has 5 atom stereocenters. The van der Waals surface area contributed by atoms with Crippen LogP contribution in [0.1, 0.15) is 58.0 Å². The maximum absolute atomic E-state index is 12.8. The van der Waals surface area contributed by atoms with E-state index in [1.807, 2.05) is 78.7 Å². The van der Waals surface area contributed by atoms with Crippen LogP contribution in [0.25, 0.3) is 0 Å². The van der Waals surface area contributed by atoms with Crippen molar-refractivity contribution in [1.82, 2.24) is 4.90 Å². The summed E-state index contributed by atoms with van der Waals surface area (Å²) in [5.74, 6) is -0.137. The van der Waals surface area contributed by atoms with Crippen molar-refractivity contribution in [2.75, 3.05) is 25.5 Å². The second-order valence-electron chi connectivity index (χ2n) is 11.1. The number of hydrogen-bond donors (Lipinski definition) is 4. The number of likely N-dealkylation sites (N-methyl/N-ethyl adjacent to an activating group) is 1. The molecule has 1 aliphatic rings. The van der Waals surface area contributed by atoms with E-state index in [1.165, 1.54) is 0 Å². The molecule has 0 aromatic heterocycles. The lowest BCUT2D eigenvalue weighted by atomic mass is 9.90. The van der Waals surface area contributed by atoms with E-state index in [4.69, 9.17) is 9.47 Å². The summed E-state index contributed by atoms with van der Waals surface area (Å²) >= 11 is 0. The van der Waals surface area contributed by atoms with Crippen LogP contribution in [0.3, 0.4) is 0 Å². The number of rotatable bonds is 10. The Labute approximate surface area is 252 Å². The summed E-state index contributed by atoms with van der Waals surface area (Å²) in [6.45, 7) is 2.91. The highest BCUT2D eigenvalue weighted by Gasteiger charge is 2.39. The van der Waals surface area contributed by atoms with Gasteiger partial charge in [-0.25, -0.2) is 0 Å². The first-order chi connectivity index (χ1) is 20.8. The van der Waals surface area contributed by atoms with Crippen LogP contribution in [0.2, 0.25) is 0 Å². The van der Waals surface area contributed by atoms with Gasteiger partial charge < -0.3 is 35.0 Å². The molecule has 1 heterocycles. The fourth-order valence-corrected chi connectivity index (χ4v) is 5.40. The number of carbonyl (C=O) groups excluding carboxylic acids is 1. The number of aliphatic hydroxyl groups is 2. The lowest BCUT2D eigenvalue weighted by Gasteiger charge is -2.42. The molecular weight excluding hydrogens is 544 g/mol. The van der Waals surface area contributed by atoms with Crippen LogP contribution in [0, 0.1) is 5.92 Å². The molecule has 0 aliphatic carbocycles. The van der Waals surface area contributed by atoms with Gasteiger partial charge in [-0.15, -0.1) is 0 Å². The van der Waals surface area contributed by atoms with Gasteiger partial charge in [-0.1, -0.05) is 73.7 Å². The van der Waals surface area contributed by atoms with E-state index in [1.54, 1.807) is 36.4 Å². The quantitative estimate of drug-likeness (QED) is 0.193. The van der Waals surface area contributed by atoms with Gasteiger partial charge in [0, 0.05) is 35.8 Å². The van der Waals surface area contributed by atoms with Crippen molar-refractivity contribution >= 4 is 11.6 Å². The van der Waals surface area contributed by atoms with Crippen molar-refractivity contribution in [3.05, 3.63) is 131 Å². The van der Waals surface area contributed by atoms with E-state index in [0.29, 0.717) is 29.9 Å². The SMILES string of the molecule is C[C@H]1[C@@H](CN(C)C[C@@H](O)c2cccc(O)c2)O[C@@H](c2cccc(NC(=O)c3ccccc3)c2)O[C@H]1c1ccc(CO)cc1. The summed E-state index contributed by atoms with van der Waals surface area (Å²) in [4.78, 5) is 14.8. The normalized spacial score (nSPS) is 21.0. The minimum atomic E-state index is -0.783. The van der Waals surface area contributed by atoms with Crippen LogP contribution in [-0.4, -0.2) is 52.4 Å². The molecule has 0 spiro atoms. The van der Waals surface area contributed by atoms with Crippen molar-refractivity contribution in [1.29, 1.82) is 0 Å². The van der Waals surface area contributed by atoms with Gasteiger partial charge in [0.1, 0.15) is 5.75 Å². The van der Waals surface area contributed by atoms with Crippen molar-refractivity contribution in [2.45, 2.75) is 38.1 Å². The minimum absolute atomic E-state index is 0.0382. The second-order valence-corrected chi connectivity index (χ2v) is 11.1. The molecular formula is C35H38N2O6.